The summed E-state index contributed by atoms with van der Waals surface area (Å²) < 4.78 is 2.18. The molecule has 112 valence electrons. The van der Waals surface area contributed by atoms with Crippen LogP contribution in [0.1, 0.15) is 44.3 Å². The van der Waals surface area contributed by atoms with Gasteiger partial charge in [0.25, 0.3) is 0 Å². The number of thioether (sulfide) groups is 2. The normalized spacial score (nSPS) is 29.7. The lowest BCUT2D eigenvalue weighted by molar-refractivity contribution is 0.460. The van der Waals surface area contributed by atoms with Crippen molar-refractivity contribution in [3.8, 4) is 0 Å². The van der Waals surface area contributed by atoms with Gasteiger partial charge in [-0.25, -0.2) is 0 Å². The fraction of sp³-hybridized carbons (Fsp3) is 0.800. The molecule has 1 aliphatic carbocycles. The van der Waals surface area contributed by atoms with E-state index >= 15 is 0 Å². The van der Waals surface area contributed by atoms with Gasteiger partial charge in [-0.3, -0.25) is 4.68 Å². The fourth-order valence-electron chi connectivity index (χ4n) is 3.34. The van der Waals surface area contributed by atoms with Gasteiger partial charge in [0.2, 0.25) is 0 Å². The van der Waals surface area contributed by atoms with E-state index in [0.29, 0.717) is 16.5 Å². The van der Waals surface area contributed by atoms with Gasteiger partial charge in [0, 0.05) is 40.7 Å². The van der Waals surface area contributed by atoms with E-state index < -0.39 is 0 Å². The molecule has 0 spiro atoms. The van der Waals surface area contributed by atoms with Gasteiger partial charge in [0.15, 0.2) is 0 Å². The molecule has 0 bridgehead atoms. The molecule has 1 aliphatic heterocycles. The lowest BCUT2D eigenvalue weighted by Crippen LogP contribution is -2.42. The van der Waals surface area contributed by atoms with Gasteiger partial charge in [-0.2, -0.15) is 28.6 Å². The van der Waals surface area contributed by atoms with Crippen LogP contribution in [0, 0.1) is 0 Å². The van der Waals surface area contributed by atoms with E-state index in [1.807, 2.05) is 0 Å². The molecule has 1 aromatic heterocycles. The van der Waals surface area contributed by atoms with Crippen LogP contribution in [0.15, 0.2) is 12.3 Å². The number of rotatable bonds is 4. The van der Waals surface area contributed by atoms with E-state index in [4.69, 9.17) is 10.8 Å². The molecule has 3 unspecified atom stereocenters. The average Bonchev–Trinajstić information content (AvgIpc) is 3.09. The maximum atomic E-state index is 6.45. The second-order valence-electron chi connectivity index (χ2n) is 6.00. The Bertz CT molecular complexity index is 429. The predicted octanol–water partition coefficient (Wildman–Crippen LogP) is 3.11. The monoisotopic (exact) mass is 311 g/mol. The van der Waals surface area contributed by atoms with E-state index in [1.165, 1.54) is 42.9 Å². The van der Waals surface area contributed by atoms with Crippen LogP contribution in [0.25, 0.3) is 0 Å². The van der Waals surface area contributed by atoms with Crippen molar-refractivity contribution in [3.05, 3.63) is 18.0 Å². The van der Waals surface area contributed by atoms with Crippen molar-refractivity contribution in [2.45, 2.75) is 61.6 Å². The molecule has 3 nitrogen and oxygen atoms in total. The van der Waals surface area contributed by atoms with Crippen molar-refractivity contribution in [3.63, 3.8) is 0 Å². The Morgan fingerprint density at radius 3 is 2.85 bits per heavy atom. The Kier molecular flexibility index (Phi) is 5.00. The van der Waals surface area contributed by atoms with E-state index in [2.05, 4.69) is 47.4 Å². The SMILES string of the molecule is CC1SCCSC1C(N)Cc1ccn(C2CCCC2)n1. The topological polar surface area (TPSA) is 43.8 Å². The molecule has 2 fully saturated rings. The minimum atomic E-state index is 0.231. The summed E-state index contributed by atoms with van der Waals surface area (Å²) in [7, 11) is 0. The van der Waals surface area contributed by atoms with Crippen molar-refractivity contribution >= 4 is 23.5 Å². The molecule has 0 aromatic carbocycles. The molecule has 0 radical (unpaired) electrons. The molecule has 1 saturated heterocycles. The summed E-state index contributed by atoms with van der Waals surface area (Å²) in [5.41, 5.74) is 7.62. The van der Waals surface area contributed by atoms with E-state index in [-0.39, 0.29) is 6.04 Å². The van der Waals surface area contributed by atoms with Gasteiger partial charge in [-0.05, 0) is 18.9 Å². The highest BCUT2D eigenvalue weighted by Gasteiger charge is 2.28. The molecular formula is C15H25N3S2. The van der Waals surface area contributed by atoms with Gasteiger partial charge in [0.1, 0.15) is 0 Å². The highest BCUT2D eigenvalue weighted by Crippen LogP contribution is 2.33. The molecule has 2 N–H and O–H groups in total. The van der Waals surface area contributed by atoms with Crippen molar-refractivity contribution in [2.75, 3.05) is 11.5 Å². The molecule has 20 heavy (non-hydrogen) atoms. The van der Waals surface area contributed by atoms with Gasteiger partial charge >= 0.3 is 0 Å². The number of hydrogen-bond donors (Lipinski definition) is 1. The molecule has 1 aromatic rings. The van der Waals surface area contributed by atoms with Gasteiger partial charge in [0.05, 0.1) is 11.7 Å². The molecule has 2 heterocycles. The lowest BCUT2D eigenvalue weighted by atomic mass is 10.1. The lowest BCUT2D eigenvalue weighted by Gasteiger charge is -2.32. The van der Waals surface area contributed by atoms with Gasteiger partial charge in [-0.1, -0.05) is 19.8 Å². The molecule has 1 saturated carbocycles. The maximum absolute atomic E-state index is 6.45. The van der Waals surface area contributed by atoms with Crippen LogP contribution in [0.5, 0.6) is 0 Å². The first-order valence-corrected chi connectivity index (χ1v) is 9.86. The summed E-state index contributed by atoms with van der Waals surface area (Å²) in [5.74, 6) is 2.51. The Labute approximate surface area is 130 Å². The summed E-state index contributed by atoms with van der Waals surface area (Å²) in [6.07, 6.45) is 8.37. The molecule has 3 atom stereocenters. The van der Waals surface area contributed by atoms with Crippen molar-refractivity contribution in [2.24, 2.45) is 5.73 Å². The number of nitrogens with zero attached hydrogens (tertiary/aromatic N) is 2. The molecular weight excluding hydrogens is 286 g/mol. The molecule has 5 heteroatoms. The van der Waals surface area contributed by atoms with Crippen molar-refractivity contribution < 1.29 is 0 Å². The van der Waals surface area contributed by atoms with Crippen LogP contribution >= 0.6 is 23.5 Å². The Morgan fingerprint density at radius 1 is 1.35 bits per heavy atom. The first-order chi connectivity index (χ1) is 9.74. The van der Waals surface area contributed by atoms with Crippen LogP contribution in [0.3, 0.4) is 0 Å². The van der Waals surface area contributed by atoms with Gasteiger partial charge < -0.3 is 5.73 Å². The largest absolute Gasteiger partial charge is 0.326 e. The zero-order chi connectivity index (χ0) is 13.9. The minimum absolute atomic E-state index is 0.231. The third kappa shape index (κ3) is 3.37. The summed E-state index contributed by atoms with van der Waals surface area (Å²) >= 11 is 4.11. The first-order valence-electron chi connectivity index (χ1n) is 7.77. The number of aromatic nitrogens is 2. The molecule has 0 amide bonds. The third-order valence-electron chi connectivity index (χ3n) is 4.47. The quantitative estimate of drug-likeness (QED) is 0.928. The summed E-state index contributed by atoms with van der Waals surface area (Å²) in [6, 6.07) is 3.04. The van der Waals surface area contributed by atoms with Crippen molar-refractivity contribution in [1.82, 2.24) is 9.78 Å². The smallest absolute Gasteiger partial charge is 0.0640 e. The third-order valence-corrected chi connectivity index (χ3v) is 7.74. The fourth-order valence-corrected chi connectivity index (χ4v) is 6.23. The highest BCUT2D eigenvalue weighted by molar-refractivity contribution is 8.07. The first kappa shape index (κ1) is 14.8. The summed E-state index contributed by atoms with van der Waals surface area (Å²) in [5, 5.41) is 6.01. The van der Waals surface area contributed by atoms with E-state index in [9.17, 15) is 0 Å². The zero-order valence-corrected chi connectivity index (χ0v) is 13.8. The van der Waals surface area contributed by atoms with Crippen LogP contribution in [-0.2, 0) is 6.42 Å². The van der Waals surface area contributed by atoms with Gasteiger partial charge in [-0.15, -0.1) is 0 Å². The Balaban J connectivity index is 1.59. The van der Waals surface area contributed by atoms with Crippen molar-refractivity contribution in [1.29, 1.82) is 0 Å². The molecule has 2 aliphatic rings. The number of nitrogens with two attached hydrogens (primary N) is 1. The summed E-state index contributed by atoms with van der Waals surface area (Å²) in [4.78, 5) is 0. The predicted molar refractivity (Wildman–Crippen MR) is 89.6 cm³/mol. The summed E-state index contributed by atoms with van der Waals surface area (Å²) in [6.45, 7) is 2.32. The highest BCUT2D eigenvalue weighted by atomic mass is 32.2. The standard InChI is InChI=1S/C15H25N3S2/c1-11-15(20-9-8-19-11)14(16)10-12-6-7-18(17-12)13-4-2-3-5-13/h6-7,11,13-15H,2-5,8-10,16H2,1H3. The Hall–Kier alpha value is -0.130. The molecule has 3 rings (SSSR count). The zero-order valence-electron chi connectivity index (χ0n) is 12.2. The Morgan fingerprint density at radius 2 is 2.10 bits per heavy atom. The number of hydrogen-bond acceptors (Lipinski definition) is 4. The van der Waals surface area contributed by atoms with Crippen LogP contribution in [0.2, 0.25) is 0 Å². The van der Waals surface area contributed by atoms with Crippen LogP contribution in [0.4, 0.5) is 0 Å². The van der Waals surface area contributed by atoms with Crippen LogP contribution in [-0.4, -0.2) is 37.8 Å². The van der Waals surface area contributed by atoms with Crippen LogP contribution < -0.4 is 5.73 Å². The maximum Gasteiger partial charge on any atom is 0.0640 e. The second-order valence-corrected chi connectivity index (χ2v) is 8.78. The second kappa shape index (κ2) is 6.75. The van der Waals surface area contributed by atoms with E-state index in [1.54, 1.807) is 0 Å². The average molecular weight is 312 g/mol. The van der Waals surface area contributed by atoms with E-state index in [0.717, 1.165) is 6.42 Å². The minimum Gasteiger partial charge on any atom is -0.326 e.